The van der Waals surface area contributed by atoms with Gasteiger partial charge in [-0.05, 0) is 18.1 Å². The number of hydrogen-bond donors (Lipinski definition) is 0. The number of aryl methyl sites for hydroxylation is 1. The van der Waals surface area contributed by atoms with Crippen molar-refractivity contribution in [1.82, 2.24) is 9.80 Å². The lowest BCUT2D eigenvalue weighted by Gasteiger charge is -2.32. The molecule has 0 radical (unpaired) electrons. The van der Waals surface area contributed by atoms with Crippen LogP contribution in [0, 0.1) is 6.92 Å². The Balaban J connectivity index is 1.93. The first-order valence-electron chi connectivity index (χ1n) is 6.22. The summed E-state index contributed by atoms with van der Waals surface area (Å²) in [5, 5.41) is 0. The number of carbonyl (C=O) groups is 2. The van der Waals surface area contributed by atoms with Gasteiger partial charge in [-0.2, -0.15) is 0 Å². The quantitative estimate of drug-likeness (QED) is 0.741. The molecule has 1 saturated heterocycles. The van der Waals surface area contributed by atoms with E-state index in [0.29, 0.717) is 32.6 Å². The normalized spacial score (nSPS) is 15.6. The molecule has 4 heteroatoms. The molecule has 4 nitrogen and oxygen atoms in total. The molecule has 0 N–H and O–H groups in total. The van der Waals surface area contributed by atoms with E-state index < -0.39 is 0 Å². The highest BCUT2D eigenvalue weighted by molar-refractivity contribution is 5.79. The van der Waals surface area contributed by atoms with Gasteiger partial charge in [-0.25, -0.2) is 0 Å². The molecular formula is C14H18N2O2. The molecule has 0 unspecified atom stereocenters. The van der Waals surface area contributed by atoms with Crippen molar-refractivity contribution in [3.05, 3.63) is 35.4 Å². The van der Waals surface area contributed by atoms with Gasteiger partial charge in [0.2, 0.25) is 12.3 Å². The number of nitrogens with zero attached hydrogens (tertiary/aromatic N) is 2. The zero-order chi connectivity index (χ0) is 13.0. The monoisotopic (exact) mass is 246 g/mol. The lowest BCUT2D eigenvalue weighted by molar-refractivity contribution is -0.134. The first kappa shape index (κ1) is 12.6. The summed E-state index contributed by atoms with van der Waals surface area (Å²) >= 11 is 0. The van der Waals surface area contributed by atoms with Crippen molar-refractivity contribution in [2.24, 2.45) is 0 Å². The Labute approximate surface area is 107 Å². The third-order valence-electron chi connectivity index (χ3n) is 3.42. The van der Waals surface area contributed by atoms with E-state index in [4.69, 9.17) is 0 Å². The highest BCUT2D eigenvalue weighted by Crippen LogP contribution is 2.10. The Hall–Kier alpha value is -1.84. The van der Waals surface area contributed by atoms with Crippen molar-refractivity contribution >= 4 is 12.3 Å². The summed E-state index contributed by atoms with van der Waals surface area (Å²) in [6.45, 7) is 4.59. The molecule has 1 fully saturated rings. The summed E-state index contributed by atoms with van der Waals surface area (Å²) in [5.41, 5.74) is 2.23. The van der Waals surface area contributed by atoms with E-state index in [2.05, 4.69) is 0 Å². The number of hydrogen-bond acceptors (Lipinski definition) is 2. The fraction of sp³-hybridized carbons (Fsp3) is 0.429. The van der Waals surface area contributed by atoms with Crippen LogP contribution in [0.5, 0.6) is 0 Å². The molecule has 0 aliphatic carbocycles. The van der Waals surface area contributed by atoms with Crippen LogP contribution in [0.1, 0.15) is 11.1 Å². The molecule has 0 aromatic heterocycles. The van der Waals surface area contributed by atoms with E-state index in [0.717, 1.165) is 17.5 Å². The van der Waals surface area contributed by atoms with Gasteiger partial charge in [-0.15, -0.1) is 0 Å². The summed E-state index contributed by atoms with van der Waals surface area (Å²) in [6.07, 6.45) is 1.30. The highest BCUT2D eigenvalue weighted by atomic mass is 16.2. The molecule has 0 bridgehead atoms. The second-order valence-electron chi connectivity index (χ2n) is 4.63. The lowest BCUT2D eigenvalue weighted by atomic mass is 10.1. The van der Waals surface area contributed by atoms with Crippen molar-refractivity contribution in [3.8, 4) is 0 Å². The largest absolute Gasteiger partial charge is 0.342 e. The number of rotatable bonds is 3. The molecule has 2 amide bonds. The molecule has 0 atom stereocenters. The number of amides is 2. The van der Waals surface area contributed by atoms with Gasteiger partial charge in [-0.1, -0.05) is 24.3 Å². The molecule has 2 rings (SSSR count). The van der Waals surface area contributed by atoms with Crippen LogP contribution in [-0.2, 0) is 16.0 Å². The Morgan fingerprint density at radius 1 is 1.22 bits per heavy atom. The number of carbonyl (C=O) groups excluding carboxylic acids is 2. The maximum atomic E-state index is 12.1. The summed E-state index contributed by atoms with van der Waals surface area (Å²) < 4.78 is 0. The smallest absolute Gasteiger partial charge is 0.227 e. The minimum atomic E-state index is 0.148. The van der Waals surface area contributed by atoms with Crippen molar-refractivity contribution in [1.29, 1.82) is 0 Å². The van der Waals surface area contributed by atoms with Crippen LogP contribution in [0.2, 0.25) is 0 Å². The van der Waals surface area contributed by atoms with Gasteiger partial charge < -0.3 is 9.80 Å². The average molecular weight is 246 g/mol. The molecule has 1 aromatic rings. The van der Waals surface area contributed by atoms with Gasteiger partial charge in [0.15, 0.2) is 0 Å². The summed E-state index contributed by atoms with van der Waals surface area (Å²) in [4.78, 5) is 26.3. The Morgan fingerprint density at radius 3 is 2.50 bits per heavy atom. The van der Waals surface area contributed by atoms with Gasteiger partial charge in [0, 0.05) is 26.2 Å². The Morgan fingerprint density at radius 2 is 1.89 bits per heavy atom. The van der Waals surface area contributed by atoms with Crippen LogP contribution in [0.4, 0.5) is 0 Å². The zero-order valence-corrected chi connectivity index (χ0v) is 10.6. The summed E-state index contributed by atoms with van der Waals surface area (Å²) in [6, 6.07) is 7.95. The minimum absolute atomic E-state index is 0.148. The third-order valence-corrected chi connectivity index (χ3v) is 3.42. The molecular weight excluding hydrogens is 228 g/mol. The maximum absolute atomic E-state index is 12.1. The van der Waals surface area contributed by atoms with Crippen LogP contribution >= 0.6 is 0 Å². The van der Waals surface area contributed by atoms with Crippen molar-refractivity contribution < 1.29 is 9.59 Å². The molecule has 0 spiro atoms. The minimum Gasteiger partial charge on any atom is -0.342 e. The molecule has 96 valence electrons. The first-order valence-corrected chi connectivity index (χ1v) is 6.22. The zero-order valence-electron chi connectivity index (χ0n) is 10.6. The summed E-state index contributed by atoms with van der Waals surface area (Å²) in [5.74, 6) is 0.148. The Bertz CT molecular complexity index is 437. The van der Waals surface area contributed by atoms with Crippen LogP contribution in [0.3, 0.4) is 0 Å². The highest BCUT2D eigenvalue weighted by Gasteiger charge is 2.20. The predicted molar refractivity (Wildman–Crippen MR) is 69.1 cm³/mol. The van der Waals surface area contributed by atoms with Gasteiger partial charge in [0.25, 0.3) is 0 Å². The van der Waals surface area contributed by atoms with Gasteiger partial charge in [0.1, 0.15) is 0 Å². The molecule has 1 aromatic carbocycles. The second kappa shape index (κ2) is 5.67. The van der Waals surface area contributed by atoms with Crippen molar-refractivity contribution in [2.75, 3.05) is 26.2 Å². The van der Waals surface area contributed by atoms with Gasteiger partial charge in [0.05, 0.1) is 6.42 Å². The van der Waals surface area contributed by atoms with E-state index in [9.17, 15) is 9.59 Å². The maximum Gasteiger partial charge on any atom is 0.227 e. The average Bonchev–Trinajstić information content (AvgIpc) is 2.41. The fourth-order valence-electron chi connectivity index (χ4n) is 2.16. The van der Waals surface area contributed by atoms with Crippen LogP contribution in [0.25, 0.3) is 0 Å². The lowest BCUT2D eigenvalue weighted by Crippen LogP contribution is -2.48. The van der Waals surface area contributed by atoms with E-state index in [1.54, 1.807) is 4.90 Å². The number of piperazine rings is 1. The number of benzene rings is 1. The van der Waals surface area contributed by atoms with E-state index in [1.807, 2.05) is 36.1 Å². The second-order valence-corrected chi connectivity index (χ2v) is 4.63. The Kier molecular flexibility index (Phi) is 3.97. The molecule has 1 aliphatic rings. The van der Waals surface area contributed by atoms with E-state index in [-0.39, 0.29) is 5.91 Å². The third kappa shape index (κ3) is 2.88. The van der Waals surface area contributed by atoms with Crippen LogP contribution in [0.15, 0.2) is 24.3 Å². The van der Waals surface area contributed by atoms with E-state index >= 15 is 0 Å². The topological polar surface area (TPSA) is 40.6 Å². The van der Waals surface area contributed by atoms with Gasteiger partial charge in [-0.3, -0.25) is 9.59 Å². The molecule has 1 aliphatic heterocycles. The summed E-state index contributed by atoms with van der Waals surface area (Å²) in [7, 11) is 0. The molecule has 1 heterocycles. The van der Waals surface area contributed by atoms with Crippen molar-refractivity contribution in [2.45, 2.75) is 13.3 Å². The fourth-order valence-corrected chi connectivity index (χ4v) is 2.16. The van der Waals surface area contributed by atoms with Crippen LogP contribution in [-0.4, -0.2) is 48.3 Å². The van der Waals surface area contributed by atoms with Crippen molar-refractivity contribution in [3.63, 3.8) is 0 Å². The van der Waals surface area contributed by atoms with Gasteiger partial charge >= 0.3 is 0 Å². The SMILES string of the molecule is Cc1ccccc1CC(=O)N1CCN(C=O)CC1. The standard InChI is InChI=1S/C14H18N2O2/c1-12-4-2-3-5-13(12)10-14(18)16-8-6-15(11-17)7-9-16/h2-5,11H,6-10H2,1H3. The predicted octanol–water partition coefficient (Wildman–Crippen LogP) is 0.838. The van der Waals surface area contributed by atoms with E-state index in [1.165, 1.54) is 0 Å². The van der Waals surface area contributed by atoms with Crippen LogP contribution < -0.4 is 0 Å². The first-order chi connectivity index (χ1) is 8.70. The molecule has 0 saturated carbocycles. The molecule has 18 heavy (non-hydrogen) atoms.